The van der Waals surface area contributed by atoms with Gasteiger partial charge in [-0.3, -0.25) is 4.79 Å². The third-order valence-electron chi connectivity index (χ3n) is 3.95. The van der Waals surface area contributed by atoms with Gasteiger partial charge >= 0.3 is 5.97 Å². The maximum absolute atomic E-state index is 12.5. The number of ether oxygens (including phenoxy) is 5. The van der Waals surface area contributed by atoms with Gasteiger partial charge in [-0.25, -0.2) is 4.79 Å². The van der Waals surface area contributed by atoms with Gasteiger partial charge in [0.05, 0.1) is 28.4 Å². The fraction of sp³-hybridized carbons (Fsp3) is 0.300. The molecule has 7 nitrogen and oxygen atoms in total. The van der Waals surface area contributed by atoms with Gasteiger partial charge in [-0.15, -0.1) is 11.8 Å². The standard InChI is InChI=1S/C20H22O7S/c1-23-16-10-13(28-5)6-7-14(16)20(22)27-11-15(21)12-8-17(24-2)19(26-4)18(9-12)25-3/h6-10H,11H2,1-5H3. The molecule has 0 atom stereocenters. The van der Waals surface area contributed by atoms with Crippen LogP contribution in [-0.4, -0.2) is 53.1 Å². The zero-order valence-corrected chi connectivity index (χ0v) is 17.2. The largest absolute Gasteiger partial charge is 0.496 e. The van der Waals surface area contributed by atoms with Crippen molar-refractivity contribution in [3.05, 3.63) is 41.5 Å². The first-order valence-corrected chi connectivity index (χ1v) is 9.43. The van der Waals surface area contributed by atoms with Crippen molar-refractivity contribution in [3.63, 3.8) is 0 Å². The quantitative estimate of drug-likeness (QED) is 0.356. The van der Waals surface area contributed by atoms with Crippen LogP contribution in [0.15, 0.2) is 35.2 Å². The van der Waals surface area contributed by atoms with Gasteiger partial charge < -0.3 is 23.7 Å². The van der Waals surface area contributed by atoms with Gasteiger partial charge in [-0.2, -0.15) is 0 Å². The van der Waals surface area contributed by atoms with E-state index >= 15 is 0 Å². The SMILES string of the molecule is COc1cc(SC)ccc1C(=O)OCC(=O)c1cc(OC)c(OC)c(OC)c1. The van der Waals surface area contributed by atoms with Gasteiger partial charge in [0.15, 0.2) is 18.1 Å². The summed E-state index contributed by atoms with van der Waals surface area (Å²) in [7, 11) is 5.85. The number of benzene rings is 2. The molecule has 0 N–H and O–H groups in total. The van der Waals surface area contributed by atoms with E-state index in [4.69, 9.17) is 23.7 Å². The predicted octanol–water partition coefficient (Wildman–Crippen LogP) is 3.48. The molecular formula is C20H22O7S. The summed E-state index contributed by atoms with van der Waals surface area (Å²) in [4.78, 5) is 25.8. The monoisotopic (exact) mass is 406 g/mol. The van der Waals surface area contributed by atoms with E-state index in [9.17, 15) is 9.59 Å². The number of rotatable bonds is 9. The zero-order valence-electron chi connectivity index (χ0n) is 16.4. The second-order valence-electron chi connectivity index (χ2n) is 5.48. The summed E-state index contributed by atoms with van der Waals surface area (Å²) >= 11 is 1.52. The normalized spacial score (nSPS) is 10.2. The molecule has 0 aliphatic heterocycles. The Balaban J connectivity index is 2.17. The van der Waals surface area contributed by atoms with E-state index in [2.05, 4.69) is 0 Å². The van der Waals surface area contributed by atoms with Crippen molar-refractivity contribution < 1.29 is 33.3 Å². The Morgan fingerprint density at radius 2 is 1.46 bits per heavy atom. The number of Topliss-reactive ketones (excluding diaryl/α,β-unsaturated/α-hetero) is 1. The van der Waals surface area contributed by atoms with E-state index in [1.807, 2.05) is 6.26 Å². The number of carbonyl (C=O) groups is 2. The number of methoxy groups -OCH3 is 4. The lowest BCUT2D eigenvalue weighted by Gasteiger charge is -2.14. The molecule has 28 heavy (non-hydrogen) atoms. The molecule has 0 unspecified atom stereocenters. The number of thioether (sulfide) groups is 1. The fourth-order valence-electron chi connectivity index (χ4n) is 2.50. The Kier molecular flexibility index (Phi) is 7.57. The molecule has 0 heterocycles. The zero-order chi connectivity index (χ0) is 20.7. The van der Waals surface area contributed by atoms with Crippen LogP contribution in [0.1, 0.15) is 20.7 Å². The highest BCUT2D eigenvalue weighted by molar-refractivity contribution is 7.98. The maximum Gasteiger partial charge on any atom is 0.342 e. The Hall–Kier alpha value is -2.87. The number of carbonyl (C=O) groups excluding carboxylic acids is 2. The van der Waals surface area contributed by atoms with Crippen molar-refractivity contribution in [3.8, 4) is 23.0 Å². The van der Waals surface area contributed by atoms with Crippen LogP contribution in [0, 0.1) is 0 Å². The molecule has 8 heteroatoms. The van der Waals surface area contributed by atoms with E-state index in [1.165, 1.54) is 52.3 Å². The Morgan fingerprint density at radius 3 is 1.96 bits per heavy atom. The highest BCUT2D eigenvalue weighted by atomic mass is 32.2. The van der Waals surface area contributed by atoms with E-state index < -0.39 is 18.4 Å². The second-order valence-corrected chi connectivity index (χ2v) is 6.36. The van der Waals surface area contributed by atoms with Crippen LogP contribution < -0.4 is 18.9 Å². The van der Waals surface area contributed by atoms with Crippen molar-refractivity contribution in [2.24, 2.45) is 0 Å². The van der Waals surface area contributed by atoms with Crippen LogP contribution in [0.5, 0.6) is 23.0 Å². The van der Waals surface area contributed by atoms with Gasteiger partial charge in [0.1, 0.15) is 11.3 Å². The third kappa shape index (κ3) is 4.69. The molecule has 0 spiro atoms. The highest BCUT2D eigenvalue weighted by Crippen LogP contribution is 2.38. The van der Waals surface area contributed by atoms with Crippen LogP contribution in [-0.2, 0) is 4.74 Å². The van der Waals surface area contributed by atoms with Crippen LogP contribution in [0.25, 0.3) is 0 Å². The van der Waals surface area contributed by atoms with Gasteiger partial charge in [0.25, 0.3) is 0 Å². The molecule has 2 aromatic carbocycles. The Bertz CT molecular complexity index is 839. The summed E-state index contributed by atoms with van der Waals surface area (Å²) < 4.78 is 26.1. The van der Waals surface area contributed by atoms with Crippen LogP contribution in [0.3, 0.4) is 0 Å². The van der Waals surface area contributed by atoms with Crippen molar-refractivity contribution in [2.75, 3.05) is 41.3 Å². The Morgan fingerprint density at radius 1 is 0.857 bits per heavy atom. The summed E-state index contributed by atoms with van der Waals surface area (Å²) in [5.41, 5.74) is 0.519. The van der Waals surface area contributed by atoms with E-state index in [0.29, 0.717) is 23.0 Å². The first-order chi connectivity index (χ1) is 13.5. The highest BCUT2D eigenvalue weighted by Gasteiger charge is 2.20. The first kappa shape index (κ1) is 21.4. The van der Waals surface area contributed by atoms with Gasteiger partial charge in [-0.05, 0) is 36.6 Å². The summed E-state index contributed by atoms with van der Waals surface area (Å²) in [5.74, 6) is 0.378. The lowest BCUT2D eigenvalue weighted by Crippen LogP contribution is -2.15. The minimum Gasteiger partial charge on any atom is -0.496 e. The molecule has 0 saturated heterocycles. The minimum atomic E-state index is -0.648. The van der Waals surface area contributed by atoms with E-state index in [1.54, 1.807) is 18.2 Å². The number of hydrogen-bond donors (Lipinski definition) is 0. The molecular weight excluding hydrogens is 384 g/mol. The molecule has 2 rings (SSSR count). The van der Waals surface area contributed by atoms with Crippen molar-refractivity contribution in [1.29, 1.82) is 0 Å². The average Bonchev–Trinajstić information content (AvgIpc) is 2.75. The van der Waals surface area contributed by atoms with E-state index in [0.717, 1.165) is 4.90 Å². The molecule has 0 amide bonds. The lowest BCUT2D eigenvalue weighted by atomic mass is 10.1. The average molecular weight is 406 g/mol. The molecule has 0 fully saturated rings. The predicted molar refractivity (Wildman–Crippen MR) is 105 cm³/mol. The molecule has 0 aliphatic carbocycles. The van der Waals surface area contributed by atoms with Gasteiger partial charge in [-0.1, -0.05) is 0 Å². The molecule has 0 bridgehead atoms. The molecule has 0 aliphatic rings. The van der Waals surface area contributed by atoms with Gasteiger partial charge in [0.2, 0.25) is 11.5 Å². The number of ketones is 1. The summed E-state index contributed by atoms with van der Waals surface area (Å²) in [5, 5.41) is 0. The number of esters is 1. The molecule has 0 saturated carbocycles. The number of hydrogen-bond acceptors (Lipinski definition) is 8. The molecule has 2 aromatic rings. The first-order valence-electron chi connectivity index (χ1n) is 8.21. The van der Waals surface area contributed by atoms with Crippen molar-refractivity contribution in [1.82, 2.24) is 0 Å². The van der Waals surface area contributed by atoms with E-state index in [-0.39, 0.29) is 11.1 Å². The maximum atomic E-state index is 12.5. The minimum absolute atomic E-state index is 0.248. The van der Waals surface area contributed by atoms with Crippen molar-refractivity contribution in [2.45, 2.75) is 4.90 Å². The van der Waals surface area contributed by atoms with Crippen LogP contribution in [0.4, 0.5) is 0 Å². The smallest absolute Gasteiger partial charge is 0.342 e. The molecule has 0 aromatic heterocycles. The van der Waals surface area contributed by atoms with Gasteiger partial charge in [0, 0.05) is 10.5 Å². The summed E-state index contributed by atoms with van der Waals surface area (Å²) in [6.45, 7) is -0.440. The summed E-state index contributed by atoms with van der Waals surface area (Å²) in [6.07, 6.45) is 1.92. The third-order valence-corrected chi connectivity index (χ3v) is 4.68. The van der Waals surface area contributed by atoms with Crippen LogP contribution >= 0.6 is 11.8 Å². The second kappa shape index (κ2) is 9.89. The van der Waals surface area contributed by atoms with Crippen molar-refractivity contribution >= 4 is 23.5 Å². The topological polar surface area (TPSA) is 80.3 Å². The lowest BCUT2D eigenvalue weighted by molar-refractivity contribution is 0.0471. The molecule has 0 radical (unpaired) electrons. The summed E-state index contributed by atoms with van der Waals surface area (Å²) in [6, 6.07) is 8.14. The molecule has 150 valence electrons. The Labute approximate surface area is 167 Å². The van der Waals surface area contributed by atoms with Crippen LogP contribution in [0.2, 0.25) is 0 Å². The fourth-order valence-corrected chi connectivity index (χ4v) is 2.93.